The normalized spacial score (nSPS) is 23.8. The number of ether oxygens (including phenoxy) is 1. The zero-order chi connectivity index (χ0) is 13.5. The Balaban J connectivity index is 2.18. The van der Waals surface area contributed by atoms with E-state index in [1.807, 2.05) is 4.90 Å². The van der Waals surface area contributed by atoms with E-state index in [2.05, 4.69) is 19.2 Å². The Labute approximate surface area is 107 Å². The molecule has 2 unspecified atom stereocenters. The van der Waals surface area contributed by atoms with Crippen LogP contribution in [-0.2, 0) is 9.53 Å². The van der Waals surface area contributed by atoms with E-state index >= 15 is 0 Å². The molecule has 1 heterocycles. The monoisotopic (exact) mass is 258 g/mol. The molecular formula is C12H22N2O4. The van der Waals surface area contributed by atoms with Gasteiger partial charge in [-0.1, -0.05) is 6.92 Å². The summed E-state index contributed by atoms with van der Waals surface area (Å²) in [6.45, 7) is 5.26. The van der Waals surface area contributed by atoms with Crippen molar-refractivity contribution in [3.8, 4) is 0 Å². The summed E-state index contributed by atoms with van der Waals surface area (Å²) in [5.41, 5.74) is 0. The Morgan fingerprint density at radius 2 is 2.17 bits per heavy atom. The van der Waals surface area contributed by atoms with Gasteiger partial charge in [0.25, 0.3) is 0 Å². The van der Waals surface area contributed by atoms with Crippen LogP contribution in [0.25, 0.3) is 0 Å². The average Bonchev–Trinajstić information content (AvgIpc) is 2.27. The van der Waals surface area contributed by atoms with Crippen LogP contribution in [0, 0.1) is 5.92 Å². The van der Waals surface area contributed by atoms with Crippen molar-refractivity contribution in [2.75, 3.05) is 26.3 Å². The van der Waals surface area contributed by atoms with Crippen molar-refractivity contribution >= 4 is 12.0 Å². The first-order valence-electron chi connectivity index (χ1n) is 6.34. The van der Waals surface area contributed by atoms with Crippen LogP contribution in [0.3, 0.4) is 0 Å². The summed E-state index contributed by atoms with van der Waals surface area (Å²) in [4.78, 5) is 23.9. The highest BCUT2D eigenvalue weighted by Crippen LogP contribution is 2.21. The number of rotatable bonds is 5. The van der Waals surface area contributed by atoms with E-state index in [-0.39, 0.29) is 25.3 Å². The van der Waals surface area contributed by atoms with Gasteiger partial charge in [-0.05, 0) is 25.7 Å². The Hall–Kier alpha value is -1.30. The fraction of sp³-hybridized carbons (Fsp3) is 0.833. The number of hydrogen-bond acceptors (Lipinski definition) is 3. The molecule has 1 rings (SSSR count). The Morgan fingerprint density at radius 1 is 1.44 bits per heavy atom. The first kappa shape index (κ1) is 14.8. The van der Waals surface area contributed by atoms with Crippen LogP contribution in [0.2, 0.25) is 0 Å². The fourth-order valence-electron chi connectivity index (χ4n) is 2.20. The van der Waals surface area contributed by atoms with Gasteiger partial charge in [0.2, 0.25) is 0 Å². The lowest BCUT2D eigenvalue weighted by Crippen LogP contribution is -2.49. The zero-order valence-corrected chi connectivity index (χ0v) is 11.0. The number of piperidine rings is 1. The number of aliphatic carboxylic acids is 1. The maximum atomic E-state index is 11.9. The maximum absolute atomic E-state index is 11.9. The molecule has 2 atom stereocenters. The van der Waals surface area contributed by atoms with E-state index in [9.17, 15) is 9.59 Å². The molecule has 0 aromatic carbocycles. The molecule has 0 radical (unpaired) electrons. The summed E-state index contributed by atoms with van der Waals surface area (Å²) in [5.74, 6) is -0.331. The molecule has 2 N–H and O–H groups in total. The number of carbonyl (C=O) groups excluding carboxylic acids is 1. The minimum atomic E-state index is -1.00. The van der Waals surface area contributed by atoms with Crippen LogP contribution in [-0.4, -0.2) is 54.4 Å². The first-order chi connectivity index (χ1) is 8.50. The van der Waals surface area contributed by atoms with Gasteiger partial charge in [-0.15, -0.1) is 0 Å². The maximum Gasteiger partial charge on any atom is 0.329 e. The van der Waals surface area contributed by atoms with Crippen molar-refractivity contribution in [3.05, 3.63) is 0 Å². The molecule has 2 amide bonds. The largest absolute Gasteiger partial charge is 0.480 e. The van der Waals surface area contributed by atoms with Crippen LogP contribution in [0.15, 0.2) is 0 Å². The molecule has 104 valence electrons. The second kappa shape index (κ2) is 7.20. The van der Waals surface area contributed by atoms with E-state index in [1.165, 1.54) is 0 Å². The molecule has 0 aliphatic carbocycles. The summed E-state index contributed by atoms with van der Waals surface area (Å²) in [7, 11) is 0. The molecule has 0 spiro atoms. The Morgan fingerprint density at radius 3 is 2.78 bits per heavy atom. The van der Waals surface area contributed by atoms with Crippen molar-refractivity contribution in [1.29, 1.82) is 0 Å². The lowest BCUT2D eigenvalue weighted by Gasteiger charge is -2.36. The van der Waals surface area contributed by atoms with Crippen molar-refractivity contribution < 1.29 is 19.4 Å². The Kier molecular flexibility index (Phi) is 5.91. The van der Waals surface area contributed by atoms with Gasteiger partial charge in [-0.3, -0.25) is 0 Å². The number of carbonyl (C=O) groups is 2. The number of carboxylic acid groups (broad SMARTS) is 1. The lowest BCUT2D eigenvalue weighted by atomic mass is 9.94. The van der Waals surface area contributed by atoms with Crippen LogP contribution in [0.1, 0.15) is 26.7 Å². The molecule has 6 nitrogen and oxygen atoms in total. The van der Waals surface area contributed by atoms with Crippen molar-refractivity contribution in [2.45, 2.75) is 32.7 Å². The van der Waals surface area contributed by atoms with E-state index < -0.39 is 5.97 Å². The highest BCUT2D eigenvalue weighted by Gasteiger charge is 2.26. The topological polar surface area (TPSA) is 78.9 Å². The standard InChI is InChI=1S/C12H22N2O4/c1-9-3-5-14(10(2)7-9)12(17)13-4-6-18-8-11(15)16/h9-10H,3-8H2,1-2H3,(H,13,17)(H,15,16). The van der Waals surface area contributed by atoms with Crippen molar-refractivity contribution in [2.24, 2.45) is 5.92 Å². The third-order valence-corrected chi connectivity index (χ3v) is 3.15. The number of likely N-dealkylation sites (tertiary alicyclic amines) is 1. The molecule has 1 aliphatic rings. The average molecular weight is 258 g/mol. The first-order valence-corrected chi connectivity index (χ1v) is 6.34. The fourth-order valence-corrected chi connectivity index (χ4v) is 2.20. The number of nitrogens with one attached hydrogen (secondary N) is 1. The zero-order valence-electron chi connectivity index (χ0n) is 11.0. The predicted molar refractivity (Wildman–Crippen MR) is 66.4 cm³/mol. The molecule has 18 heavy (non-hydrogen) atoms. The van der Waals surface area contributed by atoms with Gasteiger partial charge in [0.15, 0.2) is 0 Å². The van der Waals surface area contributed by atoms with Gasteiger partial charge in [-0.25, -0.2) is 9.59 Å². The second-order valence-corrected chi connectivity index (χ2v) is 4.85. The van der Waals surface area contributed by atoms with E-state index in [0.29, 0.717) is 12.5 Å². The van der Waals surface area contributed by atoms with Crippen LogP contribution in [0.4, 0.5) is 4.79 Å². The molecule has 0 saturated carbocycles. The summed E-state index contributed by atoms with van der Waals surface area (Å²) in [6, 6.07) is 0.169. The summed E-state index contributed by atoms with van der Waals surface area (Å²) in [6.07, 6.45) is 2.07. The van der Waals surface area contributed by atoms with Gasteiger partial charge >= 0.3 is 12.0 Å². The predicted octanol–water partition coefficient (Wildman–Crippen LogP) is 0.918. The third kappa shape index (κ3) is 4.91. The molecule has 1 fully saturated rings. The molecular weight excluding hydrogens is 236 g/mol. The molecule has 1 aliphatic heterocycles. The number of nitrogens with zero attached hydrogens (tertiary/aromatic N) is 1. The van der Waals surface area contributed by atoms with Crippen LogP contribution >= 0.6 is 0 Å². The van der Waals surface area contributed by atoms with Gasteiger partial charge in [0.1, 0.15) is 6.61 Å². The van der Waals surface area contributed by atoms with E-state index in [1.54, 1.807) is 0 Å². The number of hydrogen-bond donors (Lipinski definition) is 2. The quantitative estimate of drug-likeness (QED) is 0.719. The lowest BCUT2D eigenvalue weighted by molar-refractivity contribution is -0.142. The highest BCUT2D eigenvalue weighted by molar-refractivity contribution is 5.74. The second-order valence-electron chi connectivity index (χ2n) is 4.85. The van der Waals surface area contributed by atoms with Crippen LogP contribution < -0.4 is 5.32 Å². The molecule has 0 aromatic rings. The van der Waals surface area contributed by atoms with Gasteiger partial charge in [0, 0.05) is 19.1 Å². The molecule has 6 heteroatoms. The number of urea groups is 1. The summed E-state index contributed by atoms with van der Waals surface area (Å²) < 4.78 is 4.84. The van der Waals surface area contributed by atoms with E-state index in [0.717, 1.165) is 19.4 Å². The van der Waals surface area contributed by atoms with Gasteiger partial charge in [0.05, 0.1) is 6.61 Å². The minimum absolute atomic E-state index is 0.0895. The third-order valence-electron chi connectivity index (χ3n) is 3.15. The van der Waals surface area contributed by atoms with Gasteiger partial charge in [-0.2, -0.15) is 0 Å². The highest BCUT2D eigenvalue weighted by atomic mass is 16.5. The molecule has 1 saturated heterocycles. The van der Waals surface area contributed by atoms with Crippen LogP contribution in [0.5, 0.6) is 0 Å². The summed E-state index contributed by atoms with van der Waals surface area (Å²) in [5, 5.41) is 11.1. The number of carboxylic acids is 1. The summed E-state index contributed by atoms with van der Waals surface area (Å²) >= 11 is 0. The smallest absolute Gasteiger partial charge is 0.329 e. The van der Waals surface area contributed by atoms with Crippen molar-refractivity contribution in [1.82, 2.24) is 10.2 Å². The SMILES string of the molecule is CC1CCN(C(=O)NCCOCC(=O)O)C(C)C1. The van der Waals surface area contributed by atoms with E-state index in [4.69, 9.17) is 9.84 Å². The molecule has 0 aromatic heterocycles. The Bertz CT molecular complexity index is 296. The van der Waals surface area contributed by atoms with Crippen molar-refractivity contribution in [3.63, 3.8) is 0 Å². The molecule has 0 bridgehead atoms. The minimum Gasteiger partial charge on any atom is -0.480 e. The number of amides is 2. The van der Waals surface area contributed by atoms with Gasteiger partial charge < -0.3 is 20.1 Å².